The van der Waals surface area contributed by atoms with Gasteiger partial charge in [-0.25, -0.2) is 0 Å². The number of rotatable bonds is 4. The van der Waals surface area contributed by atoms with Gasteiger partial charge in [0, 0.05) is 13.0 Å². The van der Waals surface area contributed by atoms with Crippen LogP contribution in [0.3, 0.4) is 0 Å². The minimum absolute atomic E-state index is 0.0520. The first-order valence-corrected chi connectivity index (χ1v) is 3.77. The molecule has 0 aliphatic carbocycles. The van der Waals surface area contributed by atoms with Gasteiger partial charge in [0.2, 0.25) is 5.91 Å². The molecular weight excluding hydrogens is 126 g/mol. The van der Waals surface area contributed by atoms with E-state index in [9.17, 15) is 4.79 Å². The van der Waals surface area contributed by atoms with Crippen LogP contribution in [0, 0.1) is 12.3 Å². The molecule has 1 N–H and O–H groups in total. The van der Waals surface area contributed by atoms with Crippen LogP contribution in [0.1, 0.15) is 27.2 Å². The van der Waals surface area contributed by atoms with Crippen molar-refractivity contribution in [1.82, 2.24) is 5.32 Å². The Labute approximate surface area is 63.0 Å². The van der Waals surface area contributed by atoms with Crippen molar-refractivity contribution in [2.24, 2.45) is 5.92 Å². The molecule has 1 amide bonds. The van der Waals surface area contributed by atoms with E-state index in [0.717, 1.165) is 13.0 Å². The lowest BCUT2D eigenvalue weighted by atomic mass is 10.2. The molecule has 0 heterocycles. The predicted molar refractivity (Wildman–Crippen MR) is 42.4 cm³/mol. The molecule has 0 aromatic carbocycles. The van der Waals surface area contributed by atoms with Gasteiger partial charge in [0.15, 0.2) is 0 Å². The molecule has 0 atom stereocenters. The Balaban J connectivity index is 3.22. The summed E-state index contributed by atoms with van der Waals surface area (Å²) in [4.78, 5) is 10.8. The average Bonchev–Trinajstić information content (AvgIpc) is 1.85. The van der Waals surface area contributed by atoms with Gasteiger partial charge in [0.25, 0.3) is 0 Å². The molecular formula is C8H16NO. The van der Waals surface area contributed by atoms with Gasteiger partial charge in [0.05, 0.1) is 0 Å². The average molecular weight is 142 g/mol. The predicted octanol–water partition coefficient (Wildman–Crippen LogP) is 1.37. The highest BCUT2D eigenvalue weighted by atomic mass is 16.1. The maximum Gasteiger partial charge on any atom is 0.223 e. The summed E-state index contributed by atoms with van der Waals surface area (Å²) in [7, 11) is 0. The lowest BCUT2D eigenvalue weighted by Crippen LogP contribution is -2.27. The zero-order valence-corrected chi connectivity index (χ0v) is 6.98. The van der Waals surface area contributed by atoms with Crippen molar-refractivity contribution < 1.29 is 4.79 Å². The Hall–Kier alpha value is -0.530. The maximum atomic E-state index is 10.8. The van der Waals surface area contributed by atoms with Crippen molar-refractivity contribution in [3.63, 3.8) is 0 Å². The lowest BCUT2D eigenvalue weighted by molar-refractivity contribution is -0.118. The third-order valence-corrected chi connectivity index (χ3v) is 1.07. The molecule has 0 spiro atoms. The summed E-state index contributed by atoms with van der Waals surface area (Å²) in [6.45, 7) is 6.88. The minimum atomic E-state index is 0.0520. The molecule has 0 saturated heterocycles. The first-order chi connectivity index (χ1) is 4.66. The molecule has 0 aromatic rings. The molecule has 0 rings (SSSR count). The molecule has 1 radical (unpaired) electrons. The SMILES string of the molecule is CC[CH]C(=O)NCC(C)C. The Kier molecular flexibility index (Phi) is 4.99. The molecule has 0 fully saturated rings. The van der Waals surface area contributed by atoms with Crippen LogP contribution in [0.5, 0.6) is 0 Å². The fourth-order valence-corrected chi connectivity index (χ4v) is 0.562. The highest BCUT2D eigenvalue weighted by molar-refractivity contribution is 5.84. The van der Waals surface area contributed by atoms with Crippen LogP contribution in [-0.4, -0.2) is 12.5 Å². The highest BCUT2D eigenvalue weighted by Crippen LogP contribution is 1.89. The third-order valence-electron chi connectivity index (χ3n) is 1.07. The van der Waals surface area contributed by atoms with Crippen molar-refractivity contribution in [1.29, 1.82) is 0 Å². The third kappa shape index (κ3) is 5.60. The molecule has 0 unspecified atom stereocenters. The van der Waals surface area contributed by atoms with Gasteiger partial charge >= 0.3 is 0 Å². The van der Waals surface area contributed by atoms with Gasteiger partial charge in [-0.2, -0.15) is 0 Å². The van der Waals surface area contributed by atoms with Crippen molar-refractivity contribution >= 4 is 5.91 Å². The second-order valence-electron chi connectivity index (χ2n) is 2.75. The Morgan fingerprint density at radius 3 is 2.60 bits per heavy atom. The number of hydrogen-bond donors (Lipinski definition) is 1. The molecule has 59 valence electrons. The van der Waals surface area contributed by atoms with Crippen molar-refractivity contribution in [3.05, 3.63) is 6.42 Å². The quantitative estimate of drug-likeness (QED) is 0.631. The second-order valence-corrected chi connectivity index (χ2v) is 2.75. The fraction of sp³-hybridized carbons (Fsp3) is 0.750. The normalized spacial score (nSPS) is 10.0. The number of nitrogens with one attached hydrogen (secondary N) is 1. The molecule has 0 saturated carbocycles. The van der Waals surface area contributed by atoms with Crippen LogP contribution in [0.15, 0.2) is 0 Å². The summed E-state index contributed by atoms with van der Waals surface area (Å²) >= 11 is 0. The van der Waals surface area contributed by atoms with E-state index in [2.05, 4.69) is 19.2 Å². The number of amides is 1. The summed E-state index contributed by atoms with van der Waals surface area (Å²) in [5.74, 6) is 0.588. The topological polar surface area (TPSA) is 29.1 Å². The van der Waals surface area contributed by atoms with Crippen LogP contribution in [0.25, 0.3) is 0 Å². The Morgan fingerprint density at radius 1 is 1.60 bits per heavy atom. The van der Waals surface area contributed by atoms with Gasteiger partial charge in [-0.1, -0.05) is 20.8 Å². The minimum Gasteiger partial charge on any atom is -0.356 e. The van der Waals surface area contributed by atoms with E-state index in [1.165, 1.54) is 0 Å². The van der Waals surface area contributed by atoms with Gasteiger partial charge in [-0.3, -0.25) is 4.79 Å². The second kappa shape index (κ2) is 5.27. The molecule has 0 aliphatic rings. The maximum absolute atomic E-state index is 10.8. The fourth-order valence-electron chi connectivity index (χ4n) is 0.562. The monoisotopic (exact) mass is 142 g/mol. The largest absolute Gasteiger partial charge is 0.356 e. The smallest absolute Gasteiger partial charge is 0.223 e. The van der Waals surface area contributed by atoms with Crippen LogP contribution in [0.4, 0.5) is 0 Å². The Bertz CT molecular complexity index is 99.4. The van der Waals surface area contributed by atoms with E-state index in [0.29, 0.717) is 5.92 Å². The zero-order chi connectivity index (χ0) is 7.98. The van der Waals surface area contributed by atoms with Crippen molar-refractivity contribution in [2.45, 2.75) is 27.2 Å². The van der Waals surface area contributed by atoms with E-state index < -0.39 is 0 Å². The molecule has 0 bridgehead atoms. The van der Waals surface area contributed by atoms with E-state index >= 15 is 0 Å². The van der Waals surface area contributed by atoms with E-state index in [-0.39, 0.29) is 5.91 Å². The van der Waals surface area contributed by atoms with Gasteiger partial charge in [0.1, 0.15) is 0 Å². The van der Waals surface area contributed by atoms with Gasteiger partial charge in [-0.15, -0.1) is 0 Å². The van der Waals surface area contributed by atoms with Gasteiger partial charge < -0.3 is 5.32 Å². The molecule has 10 heavy (non-hydrogen) atoms. The molecule has 0 aromatic heterocycles. The van der Waals surface area contributed by atoms with E-state index in [1.54, 1.807) is 6.42 Å². The van der Waals surface area contributed by atoms with Crippen molar-refractivity contribution in [3.8, 4) is 0 Å². The molecule has 0 aliphatic heterocycles. The van der Waals surface area contributed by atoms with Crippen molar-refractivity contribution in [2.75, 3.05) is 6.54 Å². The first kappa shape index (κ1) is 9.47. The first-order valence-electron chi connectivity index (χ1n) is 3.77. The van der Waals surface area contributed by atoms with E-state index in [4.69, 9.17) is 0 Å². The van der Waals surface area contributed by atoms with E-state index in [1.807, 2.05) is 6.92 Å². The number of carbonyl (C=O) groups excluding carboxylic acids is 1. The Morgan fingerprint density at radius 2 is 2.20 bits per heavy atom. The summed E-state index contributed by atoms with van der Waals surface area (Å²) in [5.41, 5.74) is 0. The lowest BCUT2D eigenvalue weighted by Gasteiger charge is -2.05. The van der Waals surface area contributed by atoms with Crippen LogP contribution in [-0.2, 0) is 4.79 Å². The number of carbonyl (C=O) groups is 1. The van der Waals surface area contributed by atoms with Gasteiger partial charge in [-0.05, 0) is 12.3 Å². The highest BCUT2D eigenvalue weighted by Gasteiger charge is 1.99. The molecule has 2 heteroatoms. The standard InChI is InChI=1S/C8H16NO/c1-4-5-8(10)9-6-7(2)3/h5,7H,4,6H2,1-3H3,(H,9,10). The zero-order valence-electron chi connectivity index (χ0n) is 6.98. The summed E-state index contributed by atoms with van der Waals surface area (Å²) in [5, 5.41) is 2.79. The summed E-state index contributed by atoms with van der Waals surface area (Å²) in [6, 6.07) is 0. The van der Waals surface area contributed by atoms with Crippen LogP contribution < -0.4 is 5.32 Å². The van der Waals surface area contributed by atoms with Crippen LogP contribution in [0.2, 0.25) is 0 Å². The van der Waals surface area contributed by atoms with Crippen LogP contribution >= 0.6 is 0 Å². The number of hydrogen-bond acceptors (Lipinski definition) is 1. The summed E-state index contributed by atoms with van der Waals surface area (Å²) in [6.07, 6.45) is 2.46. The molecule has 2 nitrogen and oxygen atoms in total. The summed E-state index contributed by atoms with van der Waals surface area (Å²) < 4.78 is 0.